The van der Waals surface area contributed by atoms with Crippen molar-refractivity contribution in [2.45, 2.75) is 25.0 Å². The first kappa shape index (κ1) is 14.3. The second kappa shape index (κ2) is 6.37. The summed E-state index contributed by atoms with van der Waals surface area (Å²) in [6.45, 7) is 2.60. The zero-order chi connectivity index (χ0) is 13.8. The Morgan fingerprint density at radius 1 is 1.32 bits per heavy atom. The molecular formula is C15H25N3O. The molecule has 0 bridgehead atoms. The van der Waals surface area contributed by atoms with Crippen molar-refractivity contribution in [2.24, 2.45) is 5.73 Å². The number of likely N-dealkylation sites (tertiary alicyclic amines) is 1. The zero-order valence-corrected chi connectivity index (χ0v) is 11.9. The highest BCUT2D eigenvalue weighted by atomic mass is 16.3. The highest BCUT2D eigenvalue weighted by Crippen LogP contribution is 2.23. The number of aliphatic hydroxyl groups is 1. The molecule has 3 N–H and O–H groups in total. The third kappa shape index (κ3) is 3.47. The van der Waals surface area contributed by atoms with Crippen LogP contribution in [-0.4, -0.2) is 49.8 Å². The van der Waals surface area contributed by atoms with Crippen molar-refractivity contribution in [1.29, 1.82) is 0 Å². The van der Waals surface area contributed by atoms with Gasteiger partial charge in [-0.05, 0) is 50.7 Å². The summed E-state index contributed by atoms with van der Waals surface area (Å²) in [5, 5.41) is 9.69. The maximum absolute atomic E-state index is 9.69. The first-order chi connectivity index (χ1) is 9.11. The van der Waals surface area contributed by atoms with Gasteiger partial charge in [-0.2, -0.15) is 0 Å². The number of piperidine rings is 1. The van der Waals surface area contributed by atoms with E-state index in [9.17, 15) is 5.11 Å². The molecule has 1 aliphatic rings. The summed E-state index contributed by atoms with van der Waals surface area (Å²) in [7, 11) is 4.34. The smallest absolute Gasteiger partial charge is 0.0912 e. The van der Waals surface area contributed by atoms with E-state index in [4.69, 9.17) is 5.73 Å². The van der Waals surface area contributed by atoms with Crippen LogP contribution < -0.4 is 10.6 Å². The Bertz CT molecular complexity index is 385. The second-order valence-electron chi connectivity index (χ2n) is 5.49. The number of benzene rings is 1. The molecule has 1 aromatic carbocycles. The van der Waals surface area contributed by atoms with E-state index in [0.717, 1.165) is 5.56 Å². The fourth-order valence-corrected chi connectivity index (χ4v) is 2.66. The minimum atomic E-state index is -0.553. The molecule has 1 aliphatic heterocycles. The molecule has 0 spiro atoms. The van der Waals surface area contributed by atoms with Crippen molar-refractivity contribution < 1.29 is 5.11 Å². The molecule has 106 valence electrons. The van der Waals surface area contributed by atoms with E-state index in [1.807, 2.05) is 12.1 Å². The van der Waals surface area contributed by atoms with Crippen molar-refractivity contribution in [3.8, 4) is 0 Å². The summed E-state index contributed by atoms with van der Waals surface area (Å²) in [4.78, 5) is 4.73. The molecule has 0 aliphatic carbocycles. The van der Waals surface area contributed by atoms with Crippen LogP contribution in [0.25, 0.3) is 0 Å². The number of hydrogen-bond donors (Lipinski definition) is 2. The lowest BCUT2D eigenvalue weighted by molar-refractivity contribution is 0.187. The number of anilines is 1. The Morgan fingerprint density at radius 2 is 1.89 bits per heavy atom. The molecule has 1 unspecified atom stereocenters. The van der Waals surface area contributed by atoms with E-state index in [-0.39, 0.29) is 6.54 Å². The monoisotopic (exact) mass is 263 g/mol. The first-order valence-corrected chi connectivity index (χ1v) is 7.01. The lowest BCUT2D eigenvalue weighted by Gasteiger charge is -2.36. The normalized spacial score (nSPS) is 19.4. The summed E-state index contributed by atoms with van der Waals surface area (Å²) in [6.07, 6.45) is 1.86. The van der Waals surface area contributed by atoms with Crippen LogP contribution in [0.3, 0.4) is 0 Å². The number of aliphatic hydroxyl groups excluding tert-OH is 1. The van der Waals surface area contributed by atoms with Crippen LogP contribution in [0.5, 0.6) is 0 Å². The van der Waals surface area contributed by atoms with Crippen LogP contribution in [0.4, 0.5) is 5.69 Å². The van der Waals surface area contributed by atoms with E-state index in [0.29, 0.717) is 6.04 Å². The summed E-state index contributed by atoms with van der Waals surface area (Å²) in [5.74, 6) is 0. The molecule has 1 atom stereocenters. The Labute approximate surface area is 115 Å². The second-order valence-corrected chi connectivity index (χ2v) is 5.49. The van der Waals surface area contributed by atoms with Crippen LogP contribution in [0.1, 0.15) is 24.5 Å². The molecule has 1 heterocycles. The maximum Gasteiger partial charge on any atom is 0.0912 e. The summed E-state index contributed by atoms with van der Waals surface area (Å²) in [6, 6.07) is 8.71. The van der Waals surface area contributed by atoms with Gasteiger partial charge in [-0.1, -0.05) is 12.1 Å². The van der Waals surface area contributed by atoms with Crippen LogP contribution >= 0.6 is 0 Å². The molecule has 1 saturated heterocycles. The van der Waals surface area contributed by atoms with Gasteiger partial charge in [0.05, 0.1) is 6.10 Å². The van der Waals surface area contributed by atoms with Crippen LogP contribution in [-0.2, 0) is 0 Å². The van der Waals surface area contributed by atoms with Gasteiger partial charge in [0.25, 0.3) is 0 Å². The van der Waals surface area contributed by atoms with Crippen molar-refractivity contribution >= 4 is 5.69 Å². The Hall–Kier alpha value is -1.10. The fraction of sp³-hybridized carbons (Fsp3) is 0.600. The number of nitrogens with two attached hydrogens (primary N) is 1. The molecule has 2 rings (SSSR count). The molecule has 0 amide bonds. The molecule has 1 aromatic rings. The average Bonchev–Trinajstić information content (AvgIpc) is 2.46. The quantitative estimate of drug-likeness (QED) is 0.857. The molecule has 4 heteroatoms. The van der Waals surface area contributed by atoms with Crippen molar-refractivity contribution in [3.63, 3.8) is 0 Å². The van der Waals surface area contributed by atoms with Crippen molar-refractivity contribution in [1.82, 2.24) is 4.90 Å². The van der Waals surface area contributed by atoms with Gasteiger partial charge in [0, 0.05) is 25.3 Å². The minimum absolute atomic E-state index is 0.268. The van der Waals surface area contributed by atoms with Crippen molar-refractivity contribution in [3.05, 3.63) is 29.8 Å². The molecule has 0 radical (unpaired) electrons. The third-order valence-corrected chi connectivity index (χ3v) is 4.14. The van der Waals surface area contributed by atoms with Gasteiger partial charge in [0.15, 0.2) is 0 Å². The lowest BCUT2D eigenvalue weighted by atomic mass is 10.0. The number of nitrogens with zero attached hydrogens (tertiary/aromatic N) is 2. The van der Waals surface area contributed by atoms with Gasteiger partial charge in [-0.25, -0.2) is 0 Å². The van der Waals surface area contributed by atoms with Gasteiger partial charge in [-0.15, -0.1) is 0 Å². The zero-order valence-electron chi connectivity index (χ0n) is 11.9. The van der Waals surface area contributed by atoms with Gasteiger partial charge in [0.2, 0.25) is 0 Å². The molecule has 1 fully saturated rings. The van der Waals surface area contributed by atoms with E-state index >= 15 is 0 Å². The first-order valence-electron chi connectivity index (χ1n) is 7.01. The molecule has 19 heavy (non-hydrogen) atoms. The molecular weight excluding hydrogens is 238 g/mol. The highest BCUT2D eigenvalue weighted by Gasteiger charge is 2.20. The fourth-order valence-electron chi connectivity index (χ4n) is 2.66. The van der Waals surface area contributed by atoms with Crippen LogP contribution in [0, 0.1) is 0 Å². The molecule has 0 saturated carbocycles. The Morgan fingerprint density at radius 3 is 2.42 bits per heavy atom. The highest BCUT2D eigenvalue weighted by molar-refractivity contribution is 5.48. The topological polar surface area (TPSA) is 52.7 Å². The Balaban J connectivity index is 2.01. The summed E-state index contributed by atoms with van der Waals surface area (Å²) < 4.78 is 0. The van der Waals surface area contributed by atoms with Crippen molar-refractivity contribution in [2.75, 3.05) is 38.6 Å². The standard InChI is InChI=1S/C15H25N3O/c1-17-9-7-14(8-10-17)18(2)13-5-3-12(4-6-13)15(19)11-16/h3-6,14-15,19H,7-11,16H2,1-2H3. The third-order valence-electron chi connectivity index (χ3n) is 4.14. The van der Waals surface area contributed by atoms with Gasteiger partial charge in [-0.3, -0.25) is 0 Å². The van der Waals surface area contributed by atoms with Gasteiger partial charge in [0.1, 0.15) is 0 Å². The van der Waals surface area contributed by atoms with Crippen LogP contribution in [0.2, 0.25) is 0 Å². The van der Waals surface area contributed by atoms with E-state index in [1.165, 1.54) is 31.6 Å². The summed E-state index contributed by atoms with van der Waals surface area (Å²) in [5.41, 5.74) is 7.57. The predicted octanol–water partition coefficient (Wildman–Crippen LogP) is 1.21. The average molecular weight is 263 g/mol. The molecule has 0 aromatic heterocycles. The van der Waals surface area contributed by atoms with Gasteiger partial charge < -0.3 is 20.6 Å². The predicted molar refractivity (Wildman–Crippen MR) is 79.4 cm³/mol. The maximum atomic E-state index is 9.69. The largest absolute Gasteiger partial charge is 0.387 e. The minimum Gasteiger partial charge on any atom is -0.387 e. The number of hydrogen-bond acceptors (Lipinski definition) is 4. The SMILES string of the molecule is CN1CCC(N(C)c2ccc(C(O)CN)cc2)CC1. The Kier molecular flexibility index (Phi) is 4.80. The molecule has 4 nitrogen and oxygen atoms in total. The van der Waals surface area contributed by atoms with E-state index in [2.05, 4.69) is 36.0 Å². The summed E-state index contributed by atoms with van der Waals surface area (Å²) >= 11 is 0. The van der Waals surface area contributed by atoms with Crippen LogP contribution in [0.15, 0.2) is 24.3 Å². The van der Waals surface area contributed by atoms with Gasteiger partial charge >= 0.3 is 0 Å². The number of rotatable bonds is 4. The van der Waals surface area contributed by atoms with E-state index in [1.54, 1.807) is 0 Å². The lowest BCUT2D eigenvalue weighted by Crippen LogP contribution is -2.41. The van der Waals surface area contributed by atoms with E-state index < -0.39 is 6.10 Å².